The topological polar surface area (TPSA) is 120 Å². The van der Waals surface area contributed by atoms with Crippen LogP contribution in [0, 0.1) is 18.8 Å². The Hall–Kier alpha value is -3.62. The molecule has 0 aliphatic heterocycles. The first-order chi connectivity index (χ1) is 16.1. The molecule has 3 aromatic heterocycles. The fourth-order valence-corrected chi connectivity index (χ4v) is 3.87. The number of carbonyl (C=O) groups is 2. The standard InChI is InChI=1S/C25H33N5O4/c1-15(2)12-29(13-16(3)4)24(33)19-10-17(5)30(25(34)23(19)32)14-22(31)27-11-18-6-7-20-21(28-18)8-9-26-20/h6-10,15-16,26,32H,11-14H2,1-5H3,(H,27,31). The molecule has 0 unspecified atom stereocenters. The number of aromatic nitrogens is 3. The second-order valence-corrected chi connectivity index (χ2v) is 9.43. The van der Waals surface area contributed by atoms with Gasteiger partial charge in [0, 0.05) is 25.0 Å². The number of aromatic amines is 1. The first-order valence-electron chi connectivity index (χ1n) is 11.5. The number of hydrogen-bond acceptors (Lipinski definition) is 5. The zero-order valence-corrected chi connectivity index (χ0v) is 20.4. The average molecular weight is 468 g/mol. The van der Waals surface area contributed by atoms with Crippen molar-refractivity contribution < 1.29 is 14.7 Å². The van der Waals surface area contributed by atoms with Crippen molar-refractivity contribution >= 4 is 22.8 Å². The number of rotatable bonds is 9. The maximum absolute atomic E-state index is 13.1. The Kier molecular flexibility index (Phi) is 7.75. The summed E-state index contributed by atoms with van der Waals surface area (Å²) in [7, 11) is 0. The summed E-state index contributed by atoms with van der Waals surface area (Å²) in [5.41, 5.74) is 2.01. The maximum Gasteiger partial charge on any atom is 0.294 e. The number of H-pyrrole nitrogens is 1. The number of hydrogen-bond donors (Lipinski definition) is 3. The van der Waals surface area contributed by atoms with Gasteiger partial charge in [-0.2, -0.15) is 0 Å². The Balaban J connectivity index is 1.75. The van der Waals surface area contributed by atoms with Crippen molar-refractivity contribution in [2.75, 3.05) is 13.1 Å². The fourth-order valence-electron chi connectivity index (χ4n) is 3.87. The summed E-state index contributed by atoms with van der Waals surface area (Å²) < 4.78 is 1.17. The summed E-state index contributed by atoms with van der Waals surface area (Å²) >= 11 is 0. The molecule has 0 radical (unpaired) electrons. The molecule has 34 heavy (non-hydrogen) atoms. The van der Waals surface area contributed by atoms with Crippen LogP contribution >= 0.6 is 0 Å². The van der Waals surface area contributed by atoms with Crippen molar-refractivity contribution in [1.82, 2.24) is 24.8 Å². The Morgan fingerprint density at radius 2 is 1.82 bits per heavy atom. The summed E-state index contributed by atoms with van der Waals surface area (Å²) in [6.07, 6.45) is 1.79. The Morgan fingerprint density at radius 3 is 2.47 bits per heavy atom. The van der Waals surface area contributed by atoms with Gasteiger partial charge in [-0.15, -0.1) is 0 Å². The molecule has 0 bridgehead atoms. The van der Waals surface area contributed by atoms with Crippen molar-refractivity contribution in [3.63, 3.8) is 0 Å². The highest BCUT2D eigenvalue weighted by molar-refractivity contribution is 5.97. The molecule has 3 rings (SSSR count). The number of amides is 2. The van der Waals surface area contributed by atoms with Crippen LogP contribution in [0.15, 0.2) is 35.3 Å². The lowest BCUT2D eigenvalue weighted by molar-refractivity contribution is -0.121. The second-order valence-electron chi connectivity index (χ2n) is 9.43. The normalized spacial score (nSPS) is 11.4. The van der Waals surface area contributed by atoms with Gasteiger partial charge in [0.2, 0.25) is 5.91 Å². The second kappa shape index (κ2) is 10.5. The van der Waals surface area contributed by atoms with Crippen LogP contribution in [-0.4, -0.2) is 49.4 Å². The average Bonchev–Trinajstić information content (AvgIpc) is 3.24. The van der Waals surface area contributed by atoms with E-state index in [4.69, 9.17) is 0 Å². The third-order valence-electron chi connectivity index (χ3n) is 5.40. The maximum atomic E-state index is 13.1. The molecule has 3 aromatic rings. The number of carbonyl (C=O) groups excluding carboxylic acids is 2. The minimum Gasteiger partial charge on any atom is -0.502 e. The van der Waals surface area contributed by atoms with Gasteiger partial charge in [-0.3, -0.25) is 14.4 Å². The third-order valence-corrected chi connectivity index (χ3v) is 5.40. The molecule has 0 aliphatic carbocycles. The first kappa shape index (κ1) is 25.0. The van der Waals surface area contributed by atoms with Crippen LogP contribution in [0.3, 0.4) is 0 Å². The molecule has 0 saturated carbocycles. The smallest absolute Gasteiger partial charge is 0.294 e. The Labute approximate surface area is 198 Å². The molecule has 0 saturated heterocycles. The lowest BCUT2D eigenvalue weighted by Crippen LogP contribution is -2.38. The number of aryl methyl sites for hydroxylation is 1. The molecule has 3 N–H and O–H groups in total. The minimum absolute atomic E-state index is 0.0375. The molecule has 0 aliphatic rings. The van der Waals surface area contributed by atoms with Crippen LogP contribution in [0.1, 0.15) is 49.4 Å². The Bertz CT molecular complexity index is 1230. The predicted octanol–water partition coefficient (Wildman–Crippen LogP) is 2.81. The summed E-state index contributed by atoms with van der Waals surface area (Å²) in [5, 5.41) is 13.3. The van der Waals surface area contributed by atoms with E-state index in [-0.39, 0.29) is 36.4 Å². The van der Waals surface area contributed by atoms with Crippen LogP contribution in [0.25, 0.3) is 11.0 Å². The van der Waals surface area contributed by atoms with E-state index < -0.39 is 17.2 Å². The van der Waals surface area contributed by atoms with Crippen LogP contribution in [0.4, 0.5) is 0 Å². The molecule has 0 spiro atoms. The highest BCUT2D eigenvalue weighted by atomic mass is 16.3. The lowest BCUT2D eigenvalue weighted by Gasteiger charge is -2.27. The first-order valence-corrected chi connectivity index (χ1v) is 11.5. The Morgan fingerprint density at radius 1 is 1.15 bits per heavy atom. The van der Waals surface area contributed by atoms with Gasteiger partial charge in [-0.25, -0.2) is 4.98 Å². The van der Waals surface area contributed by atoms with Crippen LogP contribution in [-0.2, 0) is 17.9 Å². The minimum atomic E-state index is -0.764. The van der Waals surface area contributed by atoms with Crippen LogP contribution in [0.2, 0.25) is 0 Å². The van der Waals surface area contributed by atoms with Crippen molar-refractivity contribution in [2.45, 2.75) is 47.7 Å². The van der Waals surface area contributed by atoms with E-state index in [1.165, 1.54) is 10.6 Å². The number of aromatic hydroxyl groups is 1. The van der Waals surface area contributed by atoms with Crippen LogP contribution < -0.4 is 10.9 Å². The highest BCUT2D eigenvalue weighted by Gasteiger charge is 2.24. The van der Waals surface area contributed by atoms with Gasteiger partial charge in [0.15, 0.2) is 5.75 Å². The molecule has 9 nitrogen and oxygen atoms in total. The van der Waals surface area contributed by atoms with Gasteiger partial charge < -0.3 is 24.9 Å². The van der Waals surface area contributed by atoms with E-state index in [1.807, 2.05) is 45.9 Å². The van der Waals surface area contributed by atoms with E-state index >= 15 is 0 Å². The summed E-state index contributed by atoms with van der Waals surface area (Å²) in [4.78, 5) is 47.7. The summed E-state index contributed by atoms with van der Waals surface area (Å²) in [6.45, 7) is 10.6. The largest absolute Gasteiger partial charge is 0.502 e. The molecule has 0 fully saturated rings. The van der Waals surface area contributed by atoms with Gasteiger partial charge in [-0.1, -0.05) is 27.7 Å². The summed E-state index contributed by atoms with van der Waals surface area (Å²) in [6, 6.07) is 7.01. The SMILES string of the molecule is Cc1cc(C(=O)N(CC(C)C)CC(C)C)c(O)c(=O)n1CC(=O)NCc1ccc2[nH]ccc2n1. The fraction of sp³-hybridized carbons (Fsp3) is 0.440. The van der Waals surface area contributed by atoms with Gasteiger partial charge in [0.1, 0.15) is 6.54 Å². The molecule has 3 heterocycles. The zero-order valence-electron chi connectivity index (χ0n) is 20.4. The lowest BCUT2D eigenvalue weighted by atomic mass is 10.1. The number of nitrogens with zero attached hydrogens (tertiary/aromatic N) is 3. The van der Waals surface area contributed by atoms with Crippen molar-refractivity contribution in [3.8, 4) is 5.75 Å². The monoisotopic (exact) mass is 467 g/mol. The molecular formula is C25H33N5O4. The van der Waals surface area contributed by atoms with E-state index in [2.05, 4.69) is 15.3 Å². The quantitative estimate of drug-likeness (QED) is 0.447. The number of pyridine rings is 2. The van der Waals surface area contributed by atoms with E-state index in [1.54, 1.807) is 18.0 Å². The third kappa shape index (κ3) is 5.84. The van der Waals surface area contributed by atoms with E-state index in [9.17, 15) is 19.5 Å². The predicted molar refractivity (Wildman–Crippen MR) is 131 cm³/mol. The number of nitrogens with one attached hydrogen (secondary N) is 2. The van der Waals surface area contributed by atoms with E-state index in [0.717, 1.165) is 11.0 Å². The van der Waals surface area contributed by atoms with Gasteiger partial charge in [-0.05, 0) is 43.0 Å². The van der Waals surface area contributed by atoms with Crippen LogP contribution in [0.5, 0.6) is 5.75 Å². The van der Waals surface area contributed by atoms with Crippen molar-refractivity contribution in [3.05, 3.63) is 57.8 Å². The van der Waals surface area contributed by atoms with Gasteiger partial charge in [0.05, 0.1) is 28.8 Å². The number of fused-ring (bicyclic) bond motifs is 1. The molecule has 0 atom stereocenters. The van der Waals surface area contributed by atoms with Gasteiger partial charge in [0.25, 0.3) is 11.5 Å². The van der Waals surface area contributed by atoms with E-state index in [0.29, 0.717) is 24.5 Å². The zero-order chi connectivity index (χ0) is 25.0. The molecule has 0 aromatic carbocycles. The van der Waals surface area contributed by atoms with Gasteiger partial charge >= 0.3 is 0 Å². The molecular weight excluding hydrogens is 434 g/mol. The molecule has 9 heteroatoms. The van der Waals surface area contributed by atoms with Crippen molar-refractivity contribution in [2.24, 2.45) is 11.8 Å². The van der Waals surface area contributed by atoms with Crippen molar-refractivity contribution in [1.29, 1.82) is 0 Å². The molecule has 182 valence electrons. The molecule has 2 amide bonds. The highest BCUT2D eigenvalue weighted by Crippen LogP contribution is 2.18. The summed E-state index contributed by atoms with van der Waals surface area (Å²) in [5.74, 6) is -0.950.